The van der Waals surface area contributed by atoms with Gasteiger partial charge >= 0.3 is 6.03 Å². The van der Waals surface area contributed by atoms with Gasteiger partial charge in [0.2, 0.25) is 16.4 Å². The molecular weight excluding hydrogens is 424 g/mol. The van der Waals surface area contributed by atoms with Gasteiger partial charge in [-0.25, -0.2) is 13.2 Å². The molecule has 1 aliphatic rings. The van der Waals surface area contributed by atoms with E-state index in [9.17, 15) is 13.2 Å². The van der Waals surface area contributed by atoms with Crippen LogP contribution in [-0.4, -0.2) is 64.8 Å². The average molecular weight is 446 g/mol. The molecule has 3 aromatic rings. The number of nitrogens with zero attached hydrogens (tertiary/aromatic N) is 5. The number of likely N-dealkylation sites (tertiary alicyclic amines) is 1. The Morgan fingerprint density at radius 3 is 2.71 bits per heavy atom. The van der Waals surface area contributed by atoms with Gasteiger partial charge in [0, 0.05) is 38.2 Å². The van der Waals surface area contributed by atoms with Crippen molar-refractivity contribution in [3.8, 4) is 17.2 Å². The zero-order valence-electron chi connectivity index (χ0n) is 17.1. The number of benzene rings is 1. The fourth-order valence-electron chi connectivity index (χ4n) is 3.46. The van der Waals surface area contributed by atoms with Crippen LogP contribution in [0.3, 0.4) is 0 Å². The number of hydrogen-bond acceptors (Lipinski definition) is 8. The molecule has 0 spiro atoms. The molecule has 1 fully saturated rings. The Hall–Kier alpha value is -3.41. The van der Waals surface area contributed by atoms with E-state index in [0.29, 0.717) is 37.6 Å². The fraction of sp³-hybridized carbons (Fsp3) is 0.368. The van der Waals surface area contributed by atoms with E-state index in [1.165, 1.54) is 18.7 Å². The second-order valence-corrected chi connectivity index (χ2v) is 9.05. The number of amides is 1. The lowest BCUT2D eigenvalue weighted by Gasteiger charge is -2.32. The van der Waals surface area contributed by atoms with E-state index in [2.05, 4.69) is 20.0 Å². The Kier molecular flexibility index (Phi) is 5.63. The van der Waals surface area contributed by atoms with Crippen LogP contribution in [-0.2, 0) is 10.0 Å². The number of hydrogen-bond donors (Lipinski definition) is 1. The predicted octanol–water partition coefficient (Wildman–Crippen LogP) is 2.12. The molecule has 0 unspecified atom stereocenters. The first-order valence-electron chi connectivity index (χ1n) is 9.66. The van der Waals surface area contributed by atoms with Crippen molar-refractivity contribution < 1.29 is 22.4 Å². The average Bonchev–Trinajstić information content (AvgIpc) is 3.39. The fourth-order valence-corrected chi connectivity index (χ4v) is 3.95. The van der Waals surface area contributed by atoms with Gasteiger partial charge < -0.3 is 14.1 Å². The smallest absolute Gasteiger partial charge is 0.344 e. The summed E-state index contributed by atoms with van der Waals surface area (Å²) in [5, 5.41) is 11.7. The third kappa shape index (κ3) is 4.85. The molecule has 1 aliphatic heterocycles. The largest absolute Gasteiger partial charge is 0.489 e. The summed E-state index contributed by atoms with van der Waals surface area (Å²) in [6.45, 7) is 2.92. The van der Waals surface area contributed by atoms with Crippen LogP contribution >= 0.6 is 0 Å². The normalized spacial score (nSPS) is 15.1. The monoisotopic (exact) mass is 446 g/mol. The van der Waals surface area contributed by atoms with Gasteiger partial charge in [-0.15, -0.1) is 15.3 Å². The van der Waals surface area contributed by atoms with Crippen LogP contribution in [0.15, 0.2) is 41.3 Å². The van der Waals surface area contributed by atoms with E-state index in [4.69, 9.17) is 9.15 Å². The molecule has 1 saturated heterocycles. The first kappa shape index (κ1) is 20.8. The van der Waals surface area contributed by atoms with Crippen molar-refractivity contribution in [2.24, 2.45) is 0 Å². The third-order valence-corrected chi connectivity index (χ3v) is 5.47. The summed E-state index contributed by atoms with van der Waals surface area (Å²) >= 11 is 0. The number of aryl methyl sites for hydroxylation is 1. The number of carbonyl (C=O) groups excluding carboxylic acids is 1. The van der Waals surface area contributed by atoms with Crippen LogP contribution in [0, 0.1) is 6.92 Å². The van der Waals surface area contributed by atoms with E-state index < -0.39 is 10.0 Å². The molecule has 4 rings (SSSR count). The van der Waals surface area contributed by atoms with Crippen LogP contribution in [0.5, 0.6) is 5.75 Å². The number of aromatic nitrogens is 4. The topological polar surface area (TPSA) is 132 Å². The van der Waals surface area contributed by atoms with Crippen molar-refractivity contribution in [3.63, 3.8) is 0 Å². The number of ether oxygens (including phenoxy) is 1. The van der Waals surface area contributed by atoms with Crippen molar-refractivity contribution in [2.45, 2.75) is 25.9 Å². The Labute approximate surface area is 179 Å². The molecule has 0 atom stereocenters. The Balaban J connectivity index is 1.39. The summed E-state index contributed by atoms with van der Waals surface area (Å²) in [6.07, 6.45) is 4.94. The minimum atomic E-state index is -3.46. The standard InChI is InChI=1S/C19H22N6O5S/c1-13-4-3-5-15(17(13)18-21-20-12-29-18)30-14-6-9-24(10-7-14)19(26)25-11-8-16(22-25)23-31(2,27)28/h3-5,8,11-12,14H,6-7,9-10H2,1-2H3,(H,22,23). The molecule has 31 heavy (non-hydrogen) atoms. The lowest BCUT2D eigenvalue weighted by Crippen LogP contribution is -2.43. The maximum atomic E-state index is 12.7. The predicted molar refractivity (Wildman–Crippen MR) is 111 cm³/mol. The zero-order chi connectivity index (χ0) is 22.0. The number of rotatable bonds is 5. The highest BCUT2D eigenvalue weighted by atomic mass is 32.2. The van der Waals surface area contributed by atoms with Crippen molar-refractivity contribution in [1.82, 2.24) is 24.9 Å². The Morgan fingerprint density at radius 2 is 2.03 bits per heavy atom. The molecule has 11 nitrogen and oxygen atoms in total. The van der Waals surface area contributed by atoms with Gasteiger partial charge in [-0.05, 0) is 18.6 Å². The maximum Gasteiger partial charge on any atom is 0.344 e. The van der Waals surface area contributed by atoms with E-state index in [1.54, 1.807) is 4.90 Å². The van der Waals surface area contributed by atoms with E-state index in [0.717, 1.165) is 22.1 Å². The van der Waals surface area contributed by atoms with E-state index in [-0.39, 0.29) is 18.0 Å². The summed E-state index contributed by atoms with van der Waals surface area (Å²) < 4.78 is 37.6. The molecular formula is C19H22N6O5S. The molecule has 164 valence electrons. The summed E-state index contributed by atoms with van der Waals surface area (Å²) in [4.78, 5) is 14.3. The number of nitrogens with one attached hydrogen (secondary N) is 1. The van der Waals surface area contributed by atoms with Gasteiger partial charge in [0.1, 0.15) is 11.9 Å². The molecule has 2 aromatic heterocycles. The molecule has 0 radical (unpaired) electrons. The minimum absolute atomic E-state index is 0.0763. The lowest BCUT2D eigenvalue weighted by atomic mass is 10.1. The number of piperidine rings is 1. The van der Waals surface area contributed by atoms with Crippen LogP contribution in [0.2, 0.25) is 0 Å². The van der Waals surface area contributed by atoms with Gasteiger partial charge in [0.15, 0.2) is 5.82 Å². The van der Waals surface area contributed by atoms with Crippen molar-refractivity contribution in [3.05, 3.63) is 42.4 Å². The van der Waals surface area contributed by atoms with Crippen LogP contribution in [0.4, 0.5) is 10.6 Å². The Bertz CT molecular complexity index is 1170. The Morgan fingerprint density at radius 1 is 1.26 bits per heavy atom. The number of sulfonamides is 1. The van der Waals surface area contributed by atoms with E-state index >= 15 is 0 Å². The second-order valence-electron chi connectivity index (χ2n) is 7.30. The minimum Gasteiger partial charge on any atom is -0.489 e. The quantitative estimate of drug-likeness (QED) is 0.630. The highest BCUT2D eigenvalue weighted by molar-refractivity contribution is 7.92. The lowest BCUT2D eigenvalue weighted by molar-refractivity contribution is 0.111. The van der Waals surface area contributed by atoms with Crippen LogP contribution in [0.1, 0.15) is 18.4 Å². The van der Waals surface area contributed by atoms with Crippen LogP contribution < -0.4 is 9.46 Å². The summed E-state index contributed by atoms with van der Waals surface area (Å²) in [7, 11) is -3.46. The third-order valence-electron chi connectivity index (χ3n) is 4.89. The van der Waals surface area contributed by atoms with Gasteiger partial charge in [-0.2, -0.15) is 4.68 Å². The number of anilines is 1. The molecule has 0 aliphatic carbocycles. The first-order valence-corrected chi connectivity index (χ1v) is 11.5. The van der Waals surface area contributed by atoms with Crippen molar-refractivity contribution >= 4 is 21.9 Å². The highest BCUT2D eigenvalue weighted by Gasteiger charge is 2.27. The zero-order valence-corrected chi connectivity index (χ0v) is 17.9. The maximum absolute atomic E-state index is 12.7. The summed E-state index contributed by atoms with van der Waals surface area (Å²) in [5.74, 6) is 1.16. The molecule has 12 heteroatoms. The molecule has 0 saturated carbocycles. The van der Waals surface area contributed by atoms with Gasteiger partial charge in [0.25, 0.3) is 5.89 Å². The van der Waals surface area contributed by atoms with Gasteiger partial charge in [0.05, 0.1) is 11.8 Å². The molecule has 1 amide bonds. The molecule has 1 N–H and O–H groups in total. The van der Waals surface area contributed by atoms with Crippen LogP contribution in [0.25, 0.3) is 11.5 Å². The summed E-state index contributed by atoms with van der Waals surface area (Å²) in [5.41, 5.74) is 1.73. The van der Waals surface area contributed by atoms with Crippen molar-refractivity contribution in [1.29, 1.82) is 0 Å². The van der Waals surface area contributed by atoms with Gasteiger partial charge in [-0.1, -0.05) is 12.1 Å². The molecule has 0 bridgehead atoms. The molecule has 3 heterocycles. The molecule has 1 aromatic carbocycles. The number of carbonyl (C=O) groups is 1. The second kappa shape index (κ2) is 8.38. The first-order chi connectivity index (χ1) is 14.8. The summed E-state index contributed by atoms with van der Waals surface area (Å²) in [6, 6.07) is 6.84. The van der Waals surface area contributed by atoms with Gasteiger partial charge in [-0.3, -0.25) is 4.72 Å². The SMILES string of the molecule is Cc1cccc(OC2CCN(C(=O)n3ccc(NS(C)(=O)=O)n3)CC2)c1-c1nnco1. The van der Waals surface area contributed by atoms with E-state index in [1.807, 2.05) is 25.1 Å². The van der Waals surface area contributed by atoms with Crippen molar-refractivity contribution in [2.75, 3.05) is 24.1 Å². The highest BCUT2D eigenvalue weighted by Crippen LogP contribution is 2.33.